The monoisotopic (exact) mass is 282 g/mol. The quantitative estimate of drug-likeness (QED) is 0.616. The summed E-state index contributed by atoms with van der Waals surface area (Å²) in [5.41, 5.74) is 1.81. The van der Waals surface area contributed by atoms with E-state index in [1.54, 1.807) is 6.07 Å². The van der Waals surface area contributed by atoms with Crippen molar-refractivity contribution in [2.75, 3.05) is 6.61 Å². The fourth-order valence-electron chi connectivity index (χ4n) is 1.20. The van der Waals surface area contributed by atoms with E-state index in [0.717, 1.165) is 4.47 Å². The van der Waals surface area contributed by atoms with Crippen molar-refractivity contribution in [3.05, 3.63) is 39.9 Å². The molecule has 0 aromatic heterocycles. The smallest absolute Gasteiger partial charge is 0.163 e. The predicted octanol–water partition coefficient (Wildman–Crippen LogP) is 4.00. The zero-order valence-corrected chi connectivity index (χ0v) is 11.3. The van der Waals surface area contributed by atoms with Gasteiger partial charge in [0.15, 0.2) is 5.78 Å². The Morgan fingerprint density at radius 3 is 2.62 bits per heavy atom. The van der Waals surface area contributed by atoms with Gasteiger partial charge in [0.2, 0.25) is 0 Å². The van der Waals surface area contributed by atoms with Gasteiger partial charge in [0.25, 0.3) is 0 Å². The number of rotatable bonds is 4. The summed E-state index contributed by atoms with van der Waals surface area (Å²) < 4.78 is 6.47. The van der Waals surface area contributed by atoms with Crippen LogP contribution in [0.1, 0.15) is 31.1 Å². The number of ether oxygens (including phenoxy) is 1. The Labute approximate surface area is 104 Å². The van der Waals surface area contributed by atoms with E-state index < -0.39 is 0 Å². The molecule has 0 fully saturated rings. The second-order valence-corrected chi connectivity index (χ2v) is 4.70. The standard InChI is InChI=1S/C13H15BrO2/c1-9(2)6-7-16-13-8-11(14)4-5-12(13)10(3)15/h4-6,8H,7H2,1-3H3. The van der Waals surface area contributed by atoms with E-state index in [1.165, 1.54) is 12.5 Å². The van der Waals surface area contributed by atoms with Crippen LogP contribution >= 0.6 is 15.9 Å². The van der Waals surface area contributed by atoms with Crippen LogP contribution in [0.25, 0.3) is 0 Å². The van der Waals surface area contributed by atoms with Gasteiger partial charge in [-0.15, -0.1) is 0 Å². The Hall–Kier alpha value is -1.09. The second kappa shape index (κ2) is 5.85. The minimum Gasteiger partial charge on any atom is -0.489 e. The topological polar surface area (TPSA) is 26.3 Å². The molecule has 0 N–H and O–H groups in total. The first kappa shape index (κ1) is 13.0. The molecule has 1 aromatic carbocycles. The van der Waals surface area contributed by atoms with E-state index in [9.17, 15) is 4.79 Å². The molecule has 0 unspecified atom stereocenters. The number of ketones is 1. The predicted molar refractivity (Wildman–Crippen MR) is 69.1 cm³/mol. The first-order chi connectivity index (χ1) is 7.50. The van der Waals surface area contributed by atoms with E-state index in [2.05, 4.69) is 15.9 Å². The lowest BCUT2D eigenvalue weighted by Crippen LogP contribution is -2.01. The van der Waals surface area contributed by atoms with Crippen LogP contribution in [0.2, 0.25) is 0 Å². The van der Waals surface area contributed by atoms with Gasteiger partial charge in [-0.2, -0.15) is 0 Å². The van der Waals surface area contributed by atoms with Gasteiger partial charge < -0.3 is 4.74 Å². The summed E-state index contributed by atoms with van der Waals surface area (Å²) >= 11 is 3.36. The van der Waals surface area contributed by atoms with Crippen LogP contribution in [0, 0.1) is 0 Å². The first-order valence-corrected chi connectivity index (χ1v) is 5.86. The molecule has 2 nitrogen and oxygen atoms in total. The van der Waals surface area contributed by atoms with Crippen LogP contribution in [0.3, 0.4) is 0 Å². The first-order valence-electron chi connectivity index (χ1n) is 5.07. The molecule has 0 saturated carbocycles. The molecule has 16 heavy (non-hydrogen) atoms. The van der Waals surface area contributed by atoms with Crippen LogP contribution in [0.15, 0.2) is 34.3 Å². The molecule has 0 atom stereocenters. The van der Waals surface area contributed by atoms with Crippen LogP contribution in [0.5, 0.6) is 5.75 Å². The molecule has 1 rings (SSSR count). The number of benzene rings is 1. The van der Waals surface area contributed by atoms with Gasteiger partial charge in [0.1, 0.15) is 12.4 Å². The molecule has 0 amide bonds. The Bertz CT molecular complexity index is 418. The van der Waals surface area contributed by atoms with E-state index in [0.29, 0.717) is 17.9 Å². The molecular formula is C13H15BrO2. The van der Waals surface area contributed by atoms with Gasteiger partial charge in [-0.1, -0.05) is 21.5 Å². The summed E-state index contributed by atoms with van der Waals surface area (Å²) in [6.45, 7) is 6.04. The molecule has 0 saturated heterocycles. The highest BCUT2D eigenvalue weighted by Gasteiger charge is 2.08. The van der Waals surface area contributed by atoms with E-state index in [-0.39, 0.29) is 5.78 Å². The van der Waals surface area contributed by atoms with E-state index in [4.69, 9.17) is 4.74 Å². The molecule has 3 heteroatoms. The molecule has 0 aliphatic heterocycles. The van der Waals surface area contributed by atoms with Gasteiger partial charge in [-0.25, -0.2) is 0 Å². The number of allylic oxidation sites excluding steroid dienone is 1. The summed E-state index contributed by atoms with van der Waals surface area (Å²) in [6.07, 6.45) is 1.98. The molecule has 0 aliphatic carbocycles. The molecule has 0 heterocycles. The SMILES string of the molecule is CC(=O)c1ccc(Br)cc1OCC=C(C)C. The third-order valence-corrected chi connectivity index (χ3v) is 2.55. The van der Waals surface area contributed by atoms with E-state index in [1.807, 2.05) is 32.1 Å². The fourth-order valence-corrected chi connectivity index (χ4v) is 1.54. The molecular weight excluding hydrogens is 268 g/mol. The normalized spacial score (nSPS) is 9.75. The highest BCUT2D eigenvalue weighted by atomic mass is 79.9. The maximum absolute atomic E-state index is 11.4. The highest BCUT2D eigenvalue weighted by Crippen LogP contribution is 2.24. The van der Waals surface area contributed by atoms with Crippen molar-refractivity contribution in [3.8, 4) is 5.75 Å². The van der Waals surface area contributed by atoms with Crippen LogP contribution in [-0.2, 0) is 0 Å². The van der Waals surface area contributed by atoms with Gasteiger partial charge in [0.05, 0.1) is 5.56 Å². The zero-order valence-electron chi connectivity index (χ0n) is 9.71. The number of hydrogen-bond donors (Lipinski definition) is 0. The Morgan fingerprint density at radius 2 is 2.06 bits per heavy atom. The van der Waals surface area contributed by atoms with Crippen molar-refractivity contribution in [3.63, 3.8) is 0 Å². The summed E-state index contributed by atoms with van der Waals surface area (Å²) in [5.74, 6) is 0.638. The minimum atomic E-state index is 0.0136. The van der Waals surface area contributed by atoms with Gasteiger partial charge in [-0.05, 0) is 45.0 Å². The summed E-state index contributed by atoms with van der Waals surface area (Å²) in [6, 6.07) is 5.42. The van der Waals surface area contributed by atoms with Crippen molar-refractivity contribution >= 4 is 21.7 Å². The number of carbonyl (C=O) groups excluding carboxylic acids is 1. The van der Waals surface area contributed by atoms with Crippen molar-refractivity contribution in [1.29, 1.82) is 0 Å². The third kappa shape index (κ3) is 3.81. The number of hydrogen-bond acceptors (Lipinski definition) is 2. The fraction of sp³-hybridized carbons (Fsp3) is 0.308. The molecule has 0 radical (unpaired) electrons. The average molecular weight is 283 g/mol. The zero-order chi connectivity index (χ0) is 12.1. The minimum absolute atomic E-state index is 0.0136. The maximum Gasteiger partial charge on any atom is 0.163 e. The maximum atomic E-state index is 11.4. The van der Waals surface area contributed by atoms with Crippen molar-refractivity contribution < 1.29 is 9.53 Å². The lowest BCUT2D eigenvalue weighted by Gasteiger charge is -2.08. The van der Waals surface area contributed by atoms with Crippen molar-refractivity contribution in [2.24, 2.45) is 0 Å². The van der Waals surface area contributed by atoms with Crippen LogP contribution < -0.4 is 4.74 Å². The lowest BCUT2D eigenvalue weighted by molar-refractivity contribution is 0.101. The summed E-state index contributed by atoms with van der Waals surface area (Å²) in [4.78, 5) is 11.4. The van der Waals surface area contributed by atoms with Gasteiger partial charge in [0, 0.05) is 4.47 Å². The Morgan fingerprint density at radius 1 is 1.38 bits per heavy atom. The highest BCUT2D eigenvalue weighted by molar-refractivity contribution is 9.10. The van der Waals surface area contributed by atoms with Crippen molar-refractivity contribution in [1.82, 2.24) is 0 Å². The van der Waals surface area contributed by atoms with Crippen LogP contribution in [0.4, 0.5) is 0 Å². The average Bonchev–Trinajstić information content (AvgIpc) is 2.16. The molecule has 0 aliphatic rings. The second-order valence-electron chi connectivity index (χ2n) is 3.79. The molecule has 0 bridgehead atoms. The van der Waals surface area contributed by atoms with Gasteiger partial charge in [-0.3, -0.25) is 4.79 Å². The largest absolute Gasteiger partial charge is 0.489 e. The Kier molecular flexibility index (Phi) is 4.74. The van der Waals surface area contributed by atoms with Gasteiger partial charge >= 0.3 is 0 Å². The summed E-state index contributed by atoms with van der Waals surface area (Å²) in [7, 11) is 0. The molecule has 0 spiro atoms. The molecule has 1 aromatic rings. The number of carbonyl (C=O) groups is 1. The van der Waals surface area contributed by atoms with E-state index >= 15 is 0 Å². The number of halogens is 1. The van der Waals surface area contributed by atoms with Crippen LogP contribution in [-0.4, -0.2) is 12.4 Å². The number of Topliss-reactive ketones (excluding diaryl/α,β-unsaturated/α-hetero) is 1. The van der Waals surface area contributed by atoms with Crippen molar-refractivity contribution in [2.45, 2.75) is 20.8 Å². The molecule has 86 valence electrons. The third-order valence-electron chi connectivity index (χ3n) is 2.05. The Balaban J connectivity index is 2.88. The lowest BCUT2D eigenvalue weighted by atomic mass is 10.1. The summed E-state index contributed by atoms with van der Waals surface area (Å²) in [5, 5.41) is 0.